The van der Waals surface area contributed by atoms with Crippen LogP contribution in [0.25, 0.3) is 0 Å². The topological polar surface area (TPSA) is 76.0 Å². The molecule has 0 amide bonds. The first-order valence-electron chi connectivity index (χ1n) is 8.25. The number of fused-ring (bicyclic) bond motifs is 6. The van der Waals surface area contributed by atoms with Gasteiger partial charge in [-0.3, -0.25) is 0 Å². The van der Waals surface area contributed by atoms with Crippen LogP contribution in [0.5, 0.6) is 23.0 Å². The van der Waals surface area contributed by atoms with E-state index >= 15 is 0 Å². The first-order valence-corrected chi connectivity index (χ1v) is 11.1. The van der Waals surface area contributed by atoms with Gasteiger partial charge in [-0.25, -0.2) is 4.79 Å². The fourth-order valence-electron chi connectivity index (χ4n) is 3.83. The summed E-state index contributed by atoms with van der Waals surface area (Å²) in [7, 11) is 0. The van der Waals surface area contributed by atoms with Gasteiger partial charge < -0.3 is 19.7 Å². The van der Waals surface area contributed by atoms with Gasteiger partial charge in [0.15, 0.2) is 17.1 Å². The Hall–Kier alpha value is -1.68. The summed E-state index contributed by atoms with van der Waals surface area (Å²) in [4.78, 5) is 13.2. The average molecular weight is 601 g/mol. The van der Waals surface area contributed by atoms with Crippen molar-refractivity contribution in [3.05, 3.63) is 72.1 Å². The van der Waals surface area contributed by atoms with E-state index in [0.29, 0.717) is 36.1 Å². The third-order valence-electron chi connectivity index (χ3n) is 5.07. The Kier molecular flexibility index (Phi) is 4.26. The van der Waals surface area contributed by atoms with Crippen LogP contribution in [0.1, 0.15) is 27.0 Å². The van der Waals surface area contributed by atoms with Crippen LogP contribution in [0.4, 0.5) is 0 Å². The lowest BCUT2D eigenvalue weighted by molar-refractivity contribution is 0.0214. The molecule has 2 aliphatic rings. The van der Waals surface area contributed by atoms with Crippen molar-refractivity contribution in [2.24, 2.45) is 0 Å². The minimum absolute atomic E-state index is 0.0384. The lowest BCUT2D eigenvalue weighted by Crippen LogP contribution is -2.34. The zero-order valence-electron chi connectivity index (χ0n) is 14.2. The van der Waals surface area contributed by atoms with Crippen molar-refractivity contribution in [3.63, 3.8) is 0 Å². The van der Waals surface area contributed by atoms with E-state index in [4.69, 9.17) is 9.47 Å². The highest BCUT2D eigenvalue weighted by atomic mass is 79.9. The van der Waals surface area contributed by atoms with Crippen LogP contribution in [0.3, 0.4) is 0 Å². The van der Waals surface area contributed by atoms with E-state index in [1.54, 1.807) is 18.2 Å². The molecule has 2 heterocycles. The normalized spacial score (nSPS) is 18.7. The first-order chi connectivity index (χ1) is 13.8. The van der Waals surface area contributed by atoms with Crippen molar-refractivity contribution in [1.29, 1.82) is 0 Å². The lowest BCUT2D eigenvalue weighted by atomic mass is 9.77. The van der Waals surface area contributed by atoms with Crippen molar-refractivity contribution in [2.75, 3.05) is 0 Å². The van der Waals surface area contributed by atoms with Crippen LogP contribution >= 0.6 is 60.4 Å². The molecule has 0 saturated carbocycles. The Bertz CT molecular complexity index is 1260. The van der Waals surface area contributed by atoms with Gasteiger partial charge in [-0.15, -0.1) is 12.6 Å². The molecule has 0 radical (unpaired) electrons. The van der Waals surface area contributed by atoms with Gasteiger partial charge in [0.05, 0.1) is 15.6 Å². The van der Waals surface area contributed by atoms with Gasteiger partial charge in [0.2, 0.25) is 0 Å². The minimum Gasteiger partial charge on any atom is -0.507 e. The highest BCUT2D eigenvalue weighted by Crippen LogP contribution is 2.63. The van der Waals surface area contributed by atoms with E-state index in [0.717, 1.165) is 0 Å². The Labute approximate surface area is 195 Å². The quantitative estimate of drug-likeness (QED) is 0.210. The summed E-state index contributed by atoms with van der Waals surface area (Å²) >= 11 is 14.7. The molecule has 29 heavy (non-hydrogen) atoms. The maximum absolute atomic E-state index is 12.8. The number of carbonyl (C=O) groups excluding carboxylic acids is 1. The van der Waals surface area contributed by atoms with Crippen LogP contribution in [0.2, 0.25) is 0 Å². The van der Waals surface area contributed by atoms with Crippen molar-refractivity contribution >= 4 is 66.4 Å². The van der Waals surface area contributed by atoms with Crippen LogP contribution in [0, 0.1) is 0 Å². The smallest absolute Gasteiger partial charge is 0.340 e. The Morgan fingerprint density at radius 1 is 0.897 bits per heavy atom. The van der Waals surface area contributed by atoms with Gasteiger partial charge in [-0.05, 0) is 66.0 Å². The third-order valence-corrected chi connectivity index (χ3v) is 8.10. The Morgan fingerprint density at radius 3 is 2.38 bits per heavy atom. The molecule has 1 unspecified atom stereocenters. The SMILES string of the molecule is O=C1OC2(c3ccccc31)c1ccc(O)c(Br)c1Oc1c(Br)c(O)c(Br)c(S)c12. The highest BCUT2D eigenvalue weighted by molar-refractivity contribution is 9.11. The standard InChI is InChI=1S/C20H9Br3O5S/c21-12-10(24)6-5-9-16(12)27-17-11(18(29)14(23)15(25)13(17)22)20(9)8-4-2-1-3-7(8)19(26)28-20/h1-6,24-25,29H. The second-order valence-corrected chi connectivity index (χ2v) is 9.35. The predicted octanol–water partition coefficient (Wildman–Crippen LogP) is 6.24. The molecule has 0 bridgehead atoms. The van der Waals surface area contributed by atoms with E-state index < -0.39 is 11.6 Å². The molecule has 3 aromatic carbocycles. The number of phenols is 2. The predicted molar refractivity (Wildman–Crippen MR) is 118 cm³/mol. The second-order valence-electron chi connectivity index (χ2n) is 6.52. The molecule has 0 aromatic heterocycles. The van der Waals surface area contributed by atoms with Gasteiger partial charge in [-0.2, -0.15) is 0 Å². The molecule has 0 fully saturated rings. The van der Waals surface area contributed by atoms with Crippen molar-refractivity contribution < 1.29 is 24.5 Å². The number of phenolic OH excluding ortho intramolecular Hbond substituents is 2. The van der Waals surface area contributed by atoms with E-state index in [9.17, 15) is 15.0 Å². The molecule has 9 heteroatoms. The van der Waals surface area contributed by atoms with Crippen molar-refractivity contribution in [3.8, 4) is 23.0 Å². The lowest BCUT2D eigenvalue weighted by Gasteiger charge is -2.38. The fourth-order valence-corrected chi connectivity index (χ4v) is 5.76. The fraction of sp³-hybridized carbons (Fsp3) is 0.0500. The van der Waals surface area contributed by atoms with Gasteiger partial charge >= 0.3 is 5.97 Å². The minimum atomic E-state index is -1.37. The van der Waals surface area contributed by atoms with Gasteiger partial charge in [0.1, 0.15) is 20.4 Å². The molecule has 5 rings (SSSR count). The summed E-state index contributed by atoms with van der Waals surface area (Å²) in [6, 6.07) is 10.2. The Balaban J connectivity index is 2.01. The molecular formula is C20H9Br3O5S. The van der Waals surface area contributed by atoms with Crippen LogP contribution < -0.4 is 4.74 Å². The van der Waals surface area contributed by atoms with E-state index in [1.807, 2.05) is 12.1 Å². The highest BCUT2D eigenvalue weighted by Gasteiger charge is 2.56. The molecular weight excluding hydrogens is 592 g/mol. The van der Waals surface area contributed by atoms with Crippen molar-refractivity contribution in [2.45, 2.75) is 10.5 Å². The number of aromatic hydroxyl groups is 2. The number of thiol groups is 1. The molecule has 1 spiro atoms. The molecule has 2 N–H and O–H groups in total. The number of carbonyl (C=O) groups is 1. The average Bonchev–Trinajstić information content (AvgIpc) is 3.01. The third kappa shape index (κ3) is 2.35. The summed E-state index contributed by atoms with van der Waals surface area (Å²) < 4.78 is 13.0. The summed E-state index contributed by atoms with van der Waals surface area (Å²) in [6.45, 7) is 0. The molecule has 3 aromatic rings. The van der Waals surface area contributed by atoms with Gasteiger partial charge in [0.25, 0.3) is 0 Å². The van der Waals surface area contributed by atoms with Crippen molar-refractivity contribution in [1.82, 2.24) is 0 Å². The van der Waals surface area contributed by atoms with E-state index in [-0.39, 0.29) is 27.5 Å². The summed E-state index contributed by atoms with van der Waals surface area (Å²) in [5.41, 5.74) is 0.646. The zero-order valence-corrected chi connectivity index (χ0v) is 19.8. The molecule has 2 aliphatic heterocycles. The number of esters is 1. The molecule has 146 valence electrons. The summed E-state index contributed by atoms with van der Waals surface area (Å²) in [5.74, 6) is -0.127. The molecule has 0 aliphatic carbocycles. The maximum Gasteiger partial charge on any atom is 0.340 e. The van der Waals surface area contributed by atoms with E-state index in [1.165, 1.54) is 6.07 Å². The van der Waals surface area contributed by atoms with Gasteiger partial charge in [-0.1, -0.05) is 18.2 Å². The molecule has 1 atom stereocenters. The molecule has 5 nitrogen and oxygen atoms in total. The van der Waals surface area contributed by atoms with Crippen LogP contribution in [-0.2, 0) is 10.3 Å². The first kappa shape index (κ1) is 19.3. The monoisotopic (exact) mass is 598 g/mol. The number of hydrogen-bond acceptors (Lipinski definition) is 6. The van der Waals surface area contributed by atoms with Crippen LogP contribution in [-0.4, -0.2) is 16.2 Å². The maximum atomic E-state index is 12.8. The largest absolute Gasteiger partial charge is 0.507 e. The summed E-state index contributed by atoms with van der Waals surface area (Å²) in [6.07, 6.45) is 0. The van der Waals surface area contributed by atoms with Gasteiger partial charge in [0, 0.05) is 16.0 Å². The number of benzene rings is 3. The van der Waals surface area contributed by atoms with E-state index in [2.05, 4.69) is 60.4 Å². The number of rotatable bonds is 0. The number of hydrogen-bond donors (Lipinski definition) is 3. The summed E-state index contributed by atoms with van der Waals surface area (Å²) in [5, 5.41) is 20.7. The second kappa shape index (κ2) is 6.41. The zero-order chi connectivity index (χ0) is 20.7. The Morgan fingerprint density at radius 2 is 1.62 bits per heavy atom. The van der Waals surface area contributed by atoms with Crippen LogP contribution in [0.15, 0.2) is 54.7 Å². The number of ether oxygens (including phenoxy) is 2. The molecule has 0 saturated heterocycles. The number of halogens is 3.